The standard InChI is InChI=1S/C19H23N/c1-12-9-14(3)18(10-13(12)2)16-7-8-19-17(11-16)6-5-15(4)20-19/h7-11,15,20H,5-6H2,1-4H3. The molecule has 0 bridgehead atoms. The average Bonchev–Trinajstić information content (AvgIpc) is 2.42. The van der Waals surface area contributed by atoms with Crippen LogP contribution in [0.4, 0.5) is 5.69 Å². The number of hydrogen-bond donors (Lipinski definition) is 1. The maximum absolute atomic E-state index is 3.57. The van der Waals surface area contributed by atoms with Gasteiger partial charge in [0.1, 0.15) is 0 Å². The number of hydrogen-bond acceptors (Lipinski definition) is 1. The van der Waals surface area contributed by atoms with E-state index in [1.54, 1.807) is 0 Å². The Hall–Kier alpha value is -1.76. The summed E-state index contributed by atoms with van der Waals surface area (Å²) in [7, 11) is 0. The average molecular weight is 265 g/mol. The van der Waals surface area contributed by atoms with E-state index in [1.807, 2.05) is 0 Å². The molecule has 0 saturated heterocycles. The Morgan fingerprint density at radius 1 is 0.950 bits per heavy atom. The predicted octanol–water partition coefficient (Wildman–Crippen LogP) is 5.03. The molecule has 1 heterocycles. The maximum atomic E-state index is 3.57. The Kier molecular flexibility index (Phi) is 3.29. The fraction of sp³-hybridized carbons (Fsp3) is 0.368. The number of fused-ring (bicyclic) bond motifs is 1. The minimum atomic E-state index is 0.594. The predicted molar refractivity (Wildman–Crippen MR) is 87.5 cm³/mol. The van der Waals surface area contributed by atoms with Gasteiger partial charge in [0.15, 0.2) is 0 Å². The fourth-order valence-corrected chi connectivity index (χ4v) is 3.09. The van der Waals surface area contributed by atoms with Crippen molar-refractivity contribution in [2.45, 2.75) is 46.6 Å². The van der Waals surface area contributed by atoms with Gasteiger partial charge < -0.3 is 5.32 Å². The molecule has 0 aromatic heterocycles. The Balaban J connectivity index is 2.05. The minimum Gasteiger partial charge on any atom is -0.382 e. The van der Waals surface area contributed by atoms with Crippen molar-refractivity contribution < 1.29 is 0 Å². The zero-order valence-electron chi connectivity index (χ0n) is 12.9. The lowest BCUT2D eigenvalue weighted by atomic mass is 9.91. The summed E-state index contributed by atoms with van der Waals surface area (Å²) in [6.07, 6.45) is 2.41. The first-order valence-electron chi connectivity index (χ1n) is 7.52. The van der Waals surface area contributed by atoms with Crippen LogP contribution in [0.25, 0.3) is 11.1 Å². The molecule has 20 heavy (non-hydrogen) atoms. The van der Waals surface area contributed by atoms with Crippen LogP contribution in [0, 0.1) is 20.8 Å². The van der Waals surface area contributed by atoms with Gasteiger partial charge in [0, 0.05) is 11.7 Å². The van der Waals surface area contributed by atoms with Crippen LogP contribution >= 0.6 is 0 Å². The molecule has 1 atom stereocenters. The van der Waals surface area contributed by atoms with Crippen molar-refractivity contribution in [3.05, 3.63) is 52.6 Å². The molecule has 1 aliphatic heterocycles. The van der Waals surface area contributed by atoms with Gasteiger partial charge in [0.2, 0.25) is 0 Å². The molecule has 1 nitrogen and oxygen atoms in total. The van der Waals surface area contributed by atoms with Crippen molar-refractivity contribution in [1.82, 2.24) is 0 Å². The molecule has 1 aliphatic rings. The third kappa shape index (κ3) is 2.33. The van der Waals surface area contributed by atoms with Crippen LogP contribution in [0.15, 0.2) is 30.3 Å². The van der Waals surface area contributed by atoms with Gasteiger partial charge in [-0.3, -0.25) is 0 Å². The second-order valence-corrected chi connectivity index (χ2v) is 6.21. The van der Waals surface area contributed by atoms with Crippen molar-refractivity contribution in [3.8, 4) is 11.1 Å². The summed E-state index contributed by atoms with van der Waals surface area (Å²) in [5, 5.41) is 3.57. The van der Waals surface area contributed by atoms with Gasteiger partial charge >= 0.3 is 0 Å². The van der Waals surface area contributed by atoms with E-state index in [0.717, 1.165) is 0 Å². The Bertz CT molecular complexity index is 655. The molecule has 1 unspecified atom stereocenters. The number of nitrogens with one attached hydrogen (secondary N) is 1. The molecule has 104 valence electrons. The summed E-state index contributed by atoms with van der Waals surface area (Å²) >= 11 is 0. The third-order valence-electron chi connectivity index (χ3n) is 4.51. The van der Waals surface area contributed by atoms with E-state index in [0.29, 0.717) is 6.04 Å². The lowest BCUT2D eigenvalue weighted by molar-refractivity contribution is 0.681. The fourth-order valence-electron chi connectivity index (χ4n) is 3.09. The van der Waals surface area contributed by atoms with Crippen molar-refractivity contribution in [2.75, 3.05) is 5.32 Å². The molecular weight excluding hydrogens is 242 g/mol. The van der Waals surface area contributed by atoms with Gasteiger partial charge in [-0.2, -0.15) is 0 Å². The number of benzene rings is 2. The van der Waals surface area contributed by atoms with E-state index in [-0.39, 0.29) is 0 Å². The van der Waals surface area contributed by atoms with Gasteiger partial charge in [0.25, 0.3) is 0 Å². The minimum absolute atomic E-state index is 0.594. The smallest absolute Gasteiger partial charge is 0.0375 e. The normalized spacial score (nSPS) is 17.5. The molecule has 1 heteroatoms. The van der Waals surface area contributed by atoms with Gasteiger partial charge in [-0.25, -0.2) is 0 Å². The van der Waals surface area contributed by atoms with Gasteiger partial charge in [0.05, 0.1) is 0 Å². The van der Waals surface area contributed by atoms with Gasteiger partial charge in [-0.1, -0.05) is 18.2 Å². The first-order chi connectivity index (χ1) is 9.54. The summed E-state index contributed by atoms with van der Waals surface area (Å²) in [6.45, 7) is 8.84. The summed E-state index contributed by atoms with van der Waals surface area (Å²) in [6, 6.07) is 12.1. The van der Waals surface area contributed by atoms with E-state index < -0.39 is 0 Å². The van der Waals surface area contributed by atoms with E-state index >= 15 is 0 Å². The highest BCUT2D eigenvalue weighted by atomic mass is 14.9. The van der Waals surface area contributed by atoms with Crippen LogP contribution in [-0.4, -0.2) is 6.04 Å². The van der Waals surface area contributed by atoms with Gasteiger partial charge in [-0.05, 0) is 86.1 Å². The zero-order chi connectivity index (χ0) is 14.3. The molecule has 0 radical (unpaired) electrons. The first kappa shape index (κ1) is 13.2. The molecule has 0 spiro atoms. The lowest BCUT2D eigenvalue weighted by Gasteiger charge is -2.25. The number of anilines is 1. The molecule has 0 amide bonds. The van der Waals surface area contributed by atoms with Crippen LogP contribution in [0.1, 0.15) is 35.6 Å². The number of rotatable bonds is 1. The van der Waals surface area contributed by atoms with Crippen molar-refractivity contribution in [3.63, 3.8) is 0 Å². The Morgan fingerprint density at radius 3 is 2.50 bits per heavy atom. The highest BCUT2D eigenvalue weighted by Gasteiger charge is 2.15. The van der Waals surface area contributed by atoms with E-state index in [9.17, 15) is 0 Å². The number of aryl methyl sites for hydroxylation is 4. The summed E-state index contributed by atoms with van der Waals surface area (Å²) in [4.78, 5) is 0. The molecule has 3 rings (SSSR count). The third-order valence-corrected chi connectivity index (χ3v) is 4.51. The van der Waals surface area contributed by atoms with E-state index in [4.69, 9.17) is 0 Å². The molecule has 0 saturated carbocycles. The summed E-state index contributed by atoms with van der Waals surface area (Å²) in [5.74, 6) is 0. The van der Waals surface area contributed by atoms with E-state index in [2.05, 4.69) is 63.3 Å². The highest BCUT2D eigenvalue weighted by molar-refractivity contribution is 5.72. The second-order valence-electron chi connectivity index (χ2n) is 6.21. The second kappa shape index (κ2) is 4.97. The molecule has 0 fully saturated rings. The van der Waals surface area contributed by atoms with Crippen molar-refractivity contribution >= 4 is 5.69 Å². The highest BCUT2D eigenvalue weighted by Crippen LogP contribution is 2.32. The Labute approximate surface area is 122 Å². The summed E-state index contributed by atoms with van der Waals surface area (Å²) in [5.41, 5.74) is 9.60. The molecule has 2 aromatic carbocycles. The molecule has 1 N–H and O–H groups in total. The van der Waals surface area contributed by atoms with Crippen LogP contribution in [0.5, 0.6) is 0 Å². The molecule has 2 aromatic rings. The Morgan fingerprint density at radius 2 is 1.70 bits per heavy atom. The summed E-state index contributed by atoms with van der Waals surface area (Å²) < 4.78 is 0. The maximum Gasteiger partial charge on any atom is 0.0375 e. The molecular formula is C19H23N. The monoisotopic (exact) mass is 265 g/mol. The van der Waals surface area contributed by atoms with Crippen molar-refractivity contribution in [2.24, 2.45) is 0 Å². The van der Waals surface area contributed by atoms with Crippen molar-refractivity contribution in [1.29, 1.82) is 0 Å². The molecule has 0 aliphatic carbocycles. The van der Waals surface area contributed by atoms with Crippen LogP contribution in [0.2, 0.25) is 0 Å². The van der Waals surface area contributed by atoms with Crippen LogP contribution in [-0.2, 0) is 6.42 Å². The topological polar surface area (TPSA) is 12.0 Å². The van der Waals surface area contributed by atoms with Crippen LogP contribution < -0.4 is 5.32 Å². The zero-order valence-corrected chi connectivity index (χ0v) is 12.9. The van der Waals surface area contributed by atoms with Gasteiger partial charge in [-0.15, -0.1) is 0 Å². The first-order valence-corrected chi connectivity index (χ1v) is 7.52. The van der Waals surface area contributed by atoms with Crippen LogP contribution in [0.3, 0.4) is 0 Å². The van der Waals surface area contributed by atoms with E-state index in [1.165, 1.54) is 51.9 Å². The lowest BCUT2D eigenvalue weighted by Crippen LogP contribution is -2.21. The quantitative estimate of drug-likeness (QED) is 0.763. The largest absolute Gasteiger partial charge is 0.382 e. The SMILES string of the molecule is Cc1cc(C)c(-c2ccc3c(c2)CCC(C)N3)cc1C.